The maximum Gasteiger partial charge on any atom is -0.00773 e. The van der Waals surface area contributed by atoms with Gasteiger partial charge in [0.25, 0.3) is 0 Å². The van der Waals surface area contributed by atoms with Crippen LogP contribution in [0.5, 0.6) is 0 Å². The van der Waals surface area contributed by atoms with E-state index in [0.717, 1.165) is 6.54 Å². The zero-order valence-corrected chi connectivity index (χ0v) is 19.4. The topological polar surface area (TPSA) is 26.0 Å². The molecule has 27 heavy (non-hydrogen) atoms. The van der Waals surface area contributed by atoms with Gasteiger partial charge in [0.1, 0.15) is 0 Å². The quantitative estimate of drug-likeness (QED) is 0.155. The van der Waals surface area contributed by atoms with Gasteiger partial charge in [0.2, 0.25) is 0 Å². The van der Waals surface area contributed by atoms with Crippen LogP contribution in [0, 0.1) is 0 Å². The number of unbranched alkanes of at least 4 members (excludes halogenated alkanes) is 19. The zero-order chi connectivity index (χ0) is 20.3. The van der Waals surface area contributed by atoms with Crippen molar-refractivity contribution < 1.29 is 0 Å². The fraction of sp³-hybridized carbons (Fsp3) is 0.923. The van der Waals surface area contributed by atoms with E-state index in [0.29, 0.717) is 0 Å². The average molecular weight is 382 g/mol. The second-order valence-corrected chi connectivity index (χ2v) is 8.23. The Hall–Kier alpha value is -0.300. The predicted octanol–water partition coefficient (Wildman–Crippen LogP) is 9.35. The first-order chi connectivity index (χ1) is 13.3. The fourth-order valence-electron chi connectivity index (χ4n) is 3.41. The molecule has 0 radical (unpaired) electrons. The summed E-state index contributed by atoms with van der Waals surface area (Å²) >= 11 is 0. The molecule has 0 aromatic carbocycles. The van der Waals surface area contributed by atoms with Crippen LogP contribution in [0.25, 0.3) is 0 Å². The van der Waals surface area contributed by atoms with E-state index < -0.39 is 0 Å². The van der Waals surface area contributed by atoms with Gasteiger partial charge in [0.05, 0.1) is 0 Å². The highest BCUT2D eigenvalue weighted by Gasteiger charge is 1.93. The zero-order valence-electron chi connectivity index (χ0n) is 19.4. The average Bonchev–Trinajstić information content (AvgIpc) is 2.69. The Labute approximate surface area is 174 Å². The monoisotopic (exact) mass is 381 g/mol. The number of nitrogens with two attached hydrogens (primary N) is 1. The summed E-state index contributed by atoms with van der Waals surface area (Å²) in [6, 6.07) is 0. The van der Waals surface area contributed by atoms with Crippen LogP contribution in [-0.2, 0) is 0 Å². The van der Waals surface area contributed by atoms with E-state index in [1.807, 2.05) is 6.08 Å². The molecule has 0 spiro atoms. The van der Waals surface area contributed by atoms with Gasteiger partial charge in [-0.15, -0.1) is 6.58 Å². The van der Waals surface area contributed by atoms with Crippen LogP contribution in [0.3, 0.4) is 0 Å². The minimum Gasteiger partial charge on any atom is -0.330 e. The van der Waals surface area contributed by atoms with Gasteiger partial charge < -0.3 is 5.73 Å². The Kier molecular flexibility index (Phi) is 32.6. The standard InChI is InChI=1S/C18H36.C8H19N/c1-3-5-7-9-11-13-15-17-18-16-14-12-10-8-6-4-2;1-2-3-4-5-6-7-8-9/h3H,1,4-18H2,2H3;2-9H2,1H3. The molecule has 0 atom stereocenters. The smallest absolute Gasteiger partial charge is 0.00773 e. The van der Waals surface area contributed by atoms with E-state index in [2.05, 4.69) is 20.4 Å². The summed E-state index contributed by atoms with van der Waals surface area (Å²) in [5.41, 5.74) is 5.34. The molecule has 0 aromatic rings. The lowest BCUT2D eigenvalue weighted by atomic mass is 10.0. The van der Waals surface area contributed by atoms with Gasteiger partial charge in [0, 0.05) is 0 Å². The number of allylic oxidation sites excluding steroid dienone is 1. The summed E-state index contributed by atoms with van der Waals surface area (Å²) in [4.78, 5) is 0. The van der Waals surface area contributed by atoms with E-state index in [4.69, 9.17) is 5.73 Å². The van der Waals surface area contributed by atoms with Crippen molar-refractivity contribution >= 4 is 0 Å². The lowest BCUT2D eigenvalue weighted by Gasteiger charge is -2.02. The Morgan fingerprint density at radius 2 is 0.778 bits per heavy atom. The first-order valence-corrected chi connectivity index (χ1v) is 12.6. The highest BCUT2D eigenvalue weighted by molar-refractivity contribution is 4.65. The Bertz CT molecular complexity index is 230. The minimum absolute atomic E-state index is 0.867. The van der Waals surface area contributed by atoms with Crippen molar-refractivity contribution in [2.24, 2.45) is 5.73 Å². The van der Waals surface area contributed by atoms with Crippen LogP contribution >= 0.6 is 0 Å². The van der Waals surface area contributed by atoms with Crippen molar-refractivity contribution in [2.45, 2.75) is 149 Å². The van der Waals surface area contributed by atoms with Crippen LogP contribution in [0.2, 0.25) is 0 Å². The molecule has 0 heterocycles. The predicted molar refractivity (Wildman–Crippen MR) is 128 cm³/mol. The van der Waals surface area contributed by atoms with Crippen molar-refractivity contribution in [1.82, 2.24) is 0 Å². The van der Waals surface area contributed by atoms with E-state index in [-0.39, 0.29) is 0 Å². The Morgan fingerprint density at radius 1 is 0.481 bits per heavy atom. The molecule has 1 nitrogen and oxygen atoms in total. The first kappa shape index (κ1) is 28.9. The van der Waals surface area contributed by atoms with Crippen molar-refractivity contribution in [1.29, 1.82) is 0 Å². The van der Waals surface area contributed by atoms with Gasteiger partial charge in [-0.2, -0.15) is 0 Å². The highest BCUT2D eigenvalue weighted by atomic mass is 14.5. The van der Waals surface area contributed by atoms with Crippen LogP contribution < -0.4 is 5.73 Å². The van der Waals surface area contributed by atoms with Crippen molar-refractivity contribution in [3.8, 4) is 0 Å². The van der Waals surface area contributed by atoms with Gasteiger partial charge >= 0.3 is 0 Å². The van der Waals surface area contributed by atoms with E-state index >= 15 is 0 Å². The van der Waals surface area contributed by atoms with E-state index in [9.17, 15) is 0 Å². The van der Waals surface area contributed by atoms with Gasteiger partial charge in [-0.3, -0.25) is 0 Å². The molecule has 0 saturated heterocycles. The second-order valence-electron chi connectivity index (χ2n) is 8.23. The van der Waals surface area contributed by atoms with Gasteiger partial charge in [-0.1, -0.05) is 135 Å². The van der Waals surface area contributed by atoms with Gasteiger partial charge in [-0.05, 0) is 25.8 Å². The Balaban J connectivity index is 0. The first-order valence-electron chi connectivity index (χ1n) is 12.6. The number of hydrogen-bond acceptors (Lipinski definition) is 1. The Morgan fingerprint density at radius 3 is 1.07 bits per heavy atom. The molecule has 0 saturated carbocycles. The van der Waals surface area contributed by atoms with Crippen LogP contribution in [0.4, 0.5) is 0 Å². The third kappa shape index (κ3) is 33.7. The number of hydrogen-bond donors (Lipinski definition) is 1. The summed E-state index contributed by atoms with van der Waals surface area (Å²) in [7, 11) is 0. The van der Waals surface area contributed by atoms with Crippen LogP contribution in [0.15, 0.2) is 12.7 Å². The summed E-state index contributed by atoms with van der Waals surface area (Å²) in [6.45, 7) is 9.16. The minimum atomic E-state index is 0.867. The molecule has 1 heteroatoms. The molecule has 0 rings (SSSR count). The summed E-state index contributed by atoms with van der Waals surface area (Å²) in [6.07, 6.45) is 31.5. The molecular weight excluding hydrogens is 326 g/mol. The summed E-state index contributed by atoms with van der Waals surface area (Å²) in [5, 5.41) is 0. The molecule has 0 aliphatic heterocycles. The highest BCUT2D eigenvalue weighted by Crippen LogP contribution is 2.13. The van der Waals surface area contributed by atoms with Gasteiger partial charge in [-0.25, -0.2) is 0 Å². The van der Waals surface area contributed by atoms with E-state index in [1.165, 1.54) is 135 Å². The second kappa shape index (κ2) is 30.4. The summed E-state index contributed by atoms with van der Waals surface area (Å²) < 4.78 is 0. The normalized spacial score (nSPS) is 10.5. The molecular formula is C26H55N. The lowest BCUT2D eigenvalue weighted by molar-refractivity contribution is 0.536. The molecule has 2 N–H and O–H groups in total. The molecule has 0 amide bonds. The third-order valence-electron chi connectivity index (χ3n) is 5.32. The number of rotatable bonds is 21. The van der Waals surface area contributed by atoms with Crippen LogP contribution in [0.1, 0.15) is 149 Å². The molecule has 0 aromatic heterocycles. The van der Waals surface area contributed by atoms with E-state index in [1.54, 1.807) is 0 Å². The summed E-state index contributed by atoms with van der Waals surface area (Å²) in [5.74, 6) is 0. The molecule has 0 aliphatic rings. The van der Waals surface area contributed by atoms with Gasteiger partial charge in [0.15, 0.2) is 0 Å². The molecule has 0 fully saturated rings. The molecule has 0 bridgehead atoms. The molecule has 0 aliphatic carbocycles. The van der Waals surface area contributed by atoms with Crippen LogP contribution in [-0.4, -0.2) is 6.54 Å². The van der Waals surface area contributed by atoms with Crippen molar-refractivity contribution in [3.05, 3.63) is 12.7 Å². The SMILES string of the molecule is C=CCCCCCCCCCCCCCCCC.CCCCCCCCN. The molecule has 0 unspecified atom stereocenters. The lowest BCUT2D eigenvalue weighted by Crippen LogP contribution is -1.97. The maximum atomic E-state index is 5.34. The maximum absolute atomic E-state index is 5.34. The fourth-order valence-corrected chi connectivity index (χ4v) is 3.41. The largest absolute Gasteiger partial charge is 0.330 e. The van der Waals surface area contributed by atoms with Crippen molar-refractivity contribution in [2.75, 3.05) is 6.54 Å². The van der Waals surface area contributed by atoms with Crippen molar-refractivity contribution in [3.63, 3.8) is 0 Å². The molecule has 164 valence electrons. The third-order valence-corrected chi connectivity index (χ3v) is 5.32.